The number of halogens is 3. The lowest BCUT2D eigenvalue weighted by Crippen LogP contribution is -2.27. The molecular weight excluding hydrogens is 381 g/mol. The Labute approximate surface area is 155 Å². The number of hydrogen-bond acceptors (Lipinski definition) is 3. The Hall–Kier alpha value is -2.55. The van der Waals surface area contributed by atoms with Crippen molar-refractivity contribution in [2.45, 2.75) is 31.8 Å². The molecule has 146 valence electrons. The minimum absolute atomic E-state index is 0.110. The van der Waals surface area contributed by atoms with Crippen LogP contribution in [0.4, 0.5) is 24.5 Å². The first-order chi connectivity index (χ1) is 12.3. The van der Waals surface area contributed by atoms with Gasteiger partial charge in [-0.1, -0.05) is 32.9 Å². The number of hydrogen-bond donors (Lipinski definition) is 2. The molecule has 0 heterocycles. The van der Waals surface area contributed by atoms with Crippen LogP contribution in [-0.4, -0.2) is 14.3 Å². The summed E-state index contributed by atoms with van der Waals surface area (Å²) in [5.41, 5.74) is -1.23. The Kier molecular flexibility index (Phi) is 5.55. The molecule has 2 rings (SSSR count). The summed E-state index contributed by atoms with van der Waals surface area (Å²) in [7, 11) is -4.23. The van der Waals surface area contributed by atoms with Crippen LogP contribution in [0.15, 0.2) is 53.4 Å². The second-order valence-corrected chi connectivity index (χ2v) is 8.60. The highest BCUT2D eigenvalue weighted by molar-refractivity contribution is 7.92. The van der Waals surface area contributed by atoms with E-state index in [1.165, 1.54) is 18.2 Å². The number of sulfonamides is 1. The number of carbonyl (C=O) groups excluding carboxylic acids is 1. The second kappa shape index (κ2) is 7.22. The van der Waals surface area contributed by atoms with Crippen molar-refractivity contribution in [3.63, 3.8) is 0 Å². The van der Waals surface area contributed by atoms with E-state index in [0.29, 0.717) is 11.8 Å². The zero-order valence-electron chi connectivity index (χ0n) is 14.9. The maximum atomic E-state index is 12.8. The van der Waals surface area contributed by atoms with E-state index in [1.807, 2.05) is 0 Å². The third kappa shape index (κ3) is 5.46. The van der Waals surface area contributed by atoms with Crippen molar-refractivity contribution in [1.29, 1.82) is 0 Å². The molecule has 0 radical (unpaired) electrons. The van der Waals surface area contributed by atoms with Crippen molar-refractivity contribution < 1.29 is 26.4 Å². The first-order valence-electron chi connectivity index (χ1n) is 7.91. The second-order valence-electron chi connectivity index (χ2n) is 6.92. The first-order valence-corrected chi connectivity index (χ1v) is 9.39. The van der Waals surface area contributed by atoms with Gasteiger partial charge < -0.3 is 5.32 Å². The van der Waals surface area contributed by atoms with Crippen LogP contribution in [0.3, 0.4) is 0 Å². The van der Waals surface area contributed by atoms with Crippen LogP contribution in [0.5, 0.6) is 0 Å². The summed E-state index contributed by atoms with van der Waals surface area (Å²) in [5, 5.41) is 2.65. The molecule has 0 saturated carbocycles. The highest BCUT2D eigenvalue weighted by atomic mass is 32.2. The smallest absolute Gasteiger partial charge is 0.326 e. The normalized spacial score (nSPS) is 12.5. The minimum Gasteiger partial charge on any atom is -0.326 e. The molecule has 0 atom stereocenters. The summed E-state index contributed by atoms with van der Waals surface area (Å²) in [6.45, 7) is 5.17. The summed E-state index contributed by atoms with van der Waals surface area (Å²) in [4.78, 5) is 11.5. The highest BCUT2D eigenvalue weighted by Gasteiger charge is 2.31. The van der Waals surface area contributed by atoms with Crippen molar-refractivity contribution in [3.8, 4) is 0 Å². The fraction of sp³-hybridized carbons (Fsp3) is 0.278. The molecule has 1 amide bonds. The lowest BCUT2D eigenvalue weighted by Gasteiger charge is -2.18. The van der Waals surface area contributed by atoms with E-state index in [0.717, 1.165) is 18.2 Å². The molecule has 5 nitrogen and oxygen atoms in total. The summed E-state index contributed by atoms with van der Waals surface area (Å²) >= 11 is 0. The average Bonchev–Trinajstić information content (AvgIpc) is 2.53. The zero-order valence-corrected chi connectivity index (χ0v) is 15.7. The molecule has 27 heavy (non-hydrogen) atoms. The predicted molar refractivity (Wildman–Crippen MR) is 96.8 cm³/mol. The van der Waals surface area contributed by atoms with Crippen LogP contribution in [0.1, 0.15) is 26.3 Å². The molecule has 0 fully saturated rings. The van der Waals surface area contributed by atoms with E-state index in [9.17, 15) is 26.4 Å². The molecule has 0 aliphatic carbocycles. The zero-order chi connectivity index (χ0) is 20.5. The maximum Gasteiger partial charge on any atom is 0.416 e. The van der Waals surface area contributed by atoms with Gasteiger partial charge in [-0.15, -0.1) is 0 Å². The monoisotopic (exact) mass is 400 g/mol. The van der Waals surface area contributed by atoms with Crippen LogP contribution in [0, 0.1) is 5.41 Å². The molecular formula is C18H19F3N2O3S. The van der Waals surface area contributed by atoms with Gasteiger partial charge in [0.15, 0.2) is 0 Å². The number of benzene rings is 2. The molecule has 2 aromatic rings. The van der Waals surface area contributed by atoms with E-state index in [1.54, 1.807) is 26.8 Å². The number of anilines is 2. The van der Waals surface area contributed by atoms with Gasteiger partial charge in [0.05, 0.1) is 16.1 Å². The van der Waals surface area contributed by atoms with E-state index in [-0.39, 0.29) is 11.6 Å². The lowest BCUT2D eigenvalue weighted by molar-refractivity contribution is -0.137. The van der Waals surface area contributed by atoms with E-state index < -0.39 is 32.1 Å². The van der Waals surface area contributed by atoms with Crippen molar-refractivity contribution in [2.75, 3.05) is 10.0 Å². The Bertz CT molecular complexity index is 949. The summed E-state index contributed by atoms with van der Waals surface area (Å²) < 4.78 is 65.4. The van der Waals surface area contributed by atoms with Crippen molar-refractivity contribution >= 4 is 27.3 Å². The highest BCUT2D eigenvalue weighted by Crippen LogP contribution is 2.31. The molecule has 0 aliphatic heterocycles. The van der Waals surface area contributed by atoms with Crippen LogP contribution in [0.25, 0.3) is 0 Å². The van der Waals surface area contributed by atoms with Gasteiger partial charge in [0.2, 0.25) is 5.91 Å². The largest absolute Gasteiger partial charge is 0.416 e. The van der Waals surface area contributed by atoms with Gasteiger partial charge in [-0.2, -0.15) is 13.2 Å². The Morgan fingerprint density at radius 1 is 0.926 bits per heavy atom. The number of nitrogens with one attached hydrogen (secondary N) is 2. The molecule has 2 aromatic carbocycles. The molecule has 0 spiro atoms. The minimum atomic E-state index is -4.65. The van der Waals surface area contributed by atoms with E-state index in [4.69, 9.17) is 0 Å². The third-order valence-corrected chi connectivity index (χ3v) is 4.90. The molecule has 9 heteroatoms. The van der Waals surface area contributed by atoms with Gasteiger partial charge in [0.1, 0.15) is 0 Å². The van der Waals surface area contributed by atoms with Gasteiger partial charge in [0.25, 0.3) is 10.0 Å². The average molecular weight is 400 g/mol. The van der Waals surface area contributed by atoms with Crippen molar-refractivity contribution in [1.82, 2.24) is 0 Å². The van der Waals surface area contributed by atoms with Crippen LogP contribution >= 0.6 is 0 Å². The van der Waals surface area contributed by atoms with E-state index >= 15 is 0 Å². The SMILES string of the molecule is CC(C)(C)C(=O)Nc1cccc(NS(=O)(=O)c2cccc(C(F)(F)F)c2)c1. The number of rotatable bonds is 4. The van der Waals surface area contributed by atoms with Gasteiger partial charge in [-0.3, -0.25) is 9.52 Å². The quantitative estimate of drug-likeness (QED) is 0.794. The molecule has 0 unspecified atom stereocenters. The topological polar surface area (TPSA) is 75.3 Å². The fourth-order valence-corrected chi connectivity index (χ4v) is 3.13. The first kappa shape index (κ1) is 20.8. The summed E-state index contributed by atoms with van der Waals surface area (Å²) in [6, 6.07) is 9.36. The molecule has 0 saturated heterocycles. The lowest BCUT2D eigenvalue weighted by atomic mass is 9.95. The number of carbonyl (C=O) groups is 1. The van der Waals surface area contributed by atoms with Crippen molar-refractivity contribution in [3.05, 3.63) is 54.1 Å². The van der Waals surface area contributed by atoms with E-state index in [2.05, 4.69) is 10.0 Å². The van der Waals surface area contributed by atoms with Crippen molar-refractivity contribution in [2.24, 2.45) is 5.41 Å². The molecule has 2 N–H and O–H groups in total. The van der Waals surface area contributed by atoms with Gasteiger partial charge in [0, 0.05) is 11.1 Å². The van der Waals surface area contributed by atoms with Crippen LogP contribution in [-0.2, 0) is 21.0 Å². The third-order valence-electron chi connectivity index (χ3n) is 3.53. The Morgan fingerprint density at radius 3 is 2.11 bits per heavy atom. The fourth-order valence-electron chi connectivity index (χ4n) is 2.03. The Morgan fingerprint density at radius 2 is 1.52 bits per heavy atom. The summed E-state index contributed by atoms with van der Waals surface area (Å²) in [5.74, 6) is -0.264. The summed E-state index contributed by atoms with van der Waals surface area (Å²) in [6.07, 6.45) is -4.65. The molecule has 0 aliphatic rings. The van der Waals surface area contributed by atoms with Gasteiger partial charge >= 0.3 is 6.18 Å². The Balaban J connectivity index is 2.26. The van der Waals surface area contributed by atoms with Gasteiger partial charge in [-0.05, 0) is 36.4 Å². The molecule has 0 bridgehead atoms. The van der Waals surface area contributed by atoms with Gasteiger partial charge in [-0.25, -0.2) is 8.42 Å². The van der Waals surface area contributed by atoms with Crippen LogP contribution in [0.2, 0.25) is 0 Å². The maximum absolute atomic E-state index is 12.8. The number of amides is 1. The predicted octanol–water partition coefficient (Wildman–Crippen LogP) is 4.49. The standard InChI is InChI=1S/C18H19F3N2O3S/c1-17(2,3)16(24)22-13-7-5-8-14(11-13)23-27(25,26)15-9-4-6-12(10-15)18(19,20)21/h4-11,23H,1-3H3,(H,22,24). The number of alkyl halides is 3. The molecule has 0 aromatic heterocycles. The van der Waals surface area contributed by atoms with Crippen LogP contribution < -0.4 is 10.0 Å².